The Hall–Kier alpha value is -1.00. The molecular formula is C16H23F2NO. The van der Waals surface area contributed by atoms with Gasteiger partial charge in [0, 0.05) is 13.2 Å². The topological polar surface area (TPSA) is 21.3 Å². The zero-order valence-electron chi connectivity index (χ0n) is 12.2. The molecule has 2 rings (SSSR count). The summed E-state index contributed by atoms with van der Waals surface area (Å²) in [5.41, 5.74) is 0.161. The SMILES string of the molecule is CCNC(Cc1cc(F)ccc1F)C1(OC)CCCC1. The molecule has 0 bridgehead atoms. The van der Waals surface area contributed by atoms with Gasteiger partial charge in [-0.25, -0.2) is 8.78 Å². The van der Waals surface area contributed by atoms with E-state index in [4.69, 9.17) is 4.74 Å². The molecule has 0 saturated heterocycles. The van der Waals surface area contributed by atoms with E-state index >= 15 is 0 Å². The molecule has 1 saturated carbocycles. The average Bonchev–Trinajstić information content (AvgIpc) is 2.92. The molecule has 2 nitrogen and oxygen atoms in total. The molecule has 0 radical (unpaired) electrons. The van der Waals surface area contributed by atoms with Crippen LogP contribution in [0, 0.1) is 11.6 Å². The molecule has 1 fully saturated rings. The highest BCUT2D eigenvalue weighted by atomic mass is 19.1. The second-order valence-corrected chi connectivity index (χ2v) is 5.53. The summed E-state index contributed by atoms with van der Waals surface area (Å²) in [6.07, 6.45) is 4.64. The van der Waals surface area contributed by atoms with Crippen LogP contribution in [0.5, 0.6) is 0 Å². The maximum absolute atomic E-state index is 13.9. The van der Waals surface area contributed by atoms with Gasteiger partial charge in [-0.15, -0.1) is 0 Å². The Morgan fingerprint density at radius 1 is 1.30 bits per heavy atom. The van der Waals surface area contributed by atoms with Crippen LogP contribution in [0.15, 0.2) is 18.2 Å². The molecule has 4 heteroatoms. The number of rotatable bonds is 6. The molecule has 0 amide bonds. The number of ether oxygens (including phenoxy) is 1. The van der Waals surface area contributed by atoms with Gasteiger partial charge in [-0.3, -0.25) is 0 Å². The summed E-state index contributed by atoms with van der Waals surface area (Å²) < 4.78 is 32.9. The van der Waals surface area contributed by atoms with Crippen molar-refractivity contribution >= 4 is 0 Å². The highest BCUT2D eigenvalue weighted by molar-refractivity contribution is 5.21. The molecule has 1 aromatic carbocycles. The highest BCUT2D eigenvalue weighted by Crippen LogP contribution is 2.37. The fourth-order valence-electron chi connectivity index (χ4n) is 3.28. The molecule has 1 aliphatic carbocycles. The lowest BCUT2D eigenvalue weighted by Gasteiger charge is -2.37. The van der Waals surface area contributed by atoms with Crippen LogP contribution >= 0.6 is 0 Å². The Balaban J connectivity index is 2.22. The fourth-order valence-corrected chi connectivity index (χ4v) is 3.28. The summed E-state index contributed by atoms with van der Waals surface area (Å²) in [6, 6.07) is 3.65. The van der Waals surface area contributed by atoms with Crippen molar-refractivity contribution in [3.63, 3.8) is 0 Å². The molecule has 1 N–H and O–H groups in total. The van der Waals surface area contributed by atoms with Gasteiger partial charge in [-0.05, 0) is 49.6 Å². The molecule has 0 heterocycles. The second kappa shape index (κ2) is 6.64. The molecule has 1 unspecified atom stereocenters. The van der Waals surface area contributed by atoms with Gasteiger partial charge >= 0.3 is 0 Å². The average molecular weight is 283 g/mol. The van der Waals surface area contributed by atoms with Gasteiger partial charge in [0.15, 0.2) is 0 Å². The minimum atomic E-state index is -0.394. The van der Waals surface area contributed by atoms with Gasteiger partial charge in [0.05, 0.1) is 5.60 Å². The van der Waals surface area contributed by atoms with E-state index in [-0.39, 0.29) is 17.5 Å². The van der Waals surface area contributed by atoms with E-state index in [1.807, 2.05) is 6.92 Å². The Labute approximate surface area is 119 Å². The molecule has 0 aliphatic heterocycles. The lowest BCUT2D eigenvalue weighted by atomic mass is 9.87. The normalized spacial score (nSPS) is 19.2. The summed E-state index contributed by atoms with van der Waals surface area (Å²) in [6.45, 7) is 2.81. The number of methoxy groups -OCH3 is 1. The van der Waals surface area contributed by atoms with Crippen molar-refractivity contribution < 1.29 is 13.5 Å². The summed E-state index contributed by atoms with van der Waals surface area (Å²) >= 11 is 0. The van der Waals surface area contributed by atoms with Crippen LogP contribution in [0.2, 0.25) is 0 Å². The third kappa shape index (κ3) is 3.18. The summed E-state index contributed by atoms with van der Waals surface area (Å²) in [4.78, 5) is 0. The Morgan fingerprint density at radius 3 is 2.60 bits per heavy atom. The Kier molecular flexibility index (Phi) is 5.11. The number of nitrogens with one attached hydrogen (secondary N) is 1. The van der Waals surface area contributed by atoms with Crippen molar-refractivity contribution in [3.8, 4) is 0 Å². The smallest absolute Gasteiger partial charge is 0.126 e. The van der Waals surface area contributed by atoms with E-state index in [0.29, 0.717) is 12.0 Å². The standard InChI is InChI=1S/C16H23F2NO/c1-3-19-15(16(20-2)8-4-5-9-16)11-12-10-13(17)6-7-14(12)18/h6-7,10,15,19H,3-5,8-9,11H2,1-2H3. The van der Waals surface area contributed by atoms with Gasteiger partial charge < -0.3 is 10.1 Å². The van der Waals surface area contributed by atoms with Crippen molar-refractivity contribution in [2.24, 2.45) is 0 Å². The monoisotopic (exact) mass is 283 g/mol. The maximum atomic E-state index is 13.9. The minimum Gasteiger partial charge on any atom is -0.377 e. The van der Waals surface area contributed by atoms with Gasteiger partial charge in [0.25, 0.3) is 0 Å². The van der Waals surface area contributed by atoms with Crippen LogP contribution in [0.3, 0.4) is 0 Å². The highest BCUT2D eigenvalue weighted by Gasteiger charge is 2.41. The van der Waals surface area contributed by atoms with Crippen LogP contribution < -0.4 is 5.32 Å². The van der Waals surface area contributed by atoms with Crippen LogP contribution in [-0.4, -0.2) is 25.3 Å². The predicted octanol–water partition coefficient (Wildman–Crippen LogP) is 3.44. The third-order valence-corrected chi connectivity index (χ3v) is 4.37. The van der Waals surface area contributed by atoms with Crippen LogP contribution in [0.4, 0.5) is 8.78 Å². The Morgan fingerprint density at radius 2 is 2.00 bits per heavy atom. The van der Waals surface area contributed by atoms with Gasteiger partial charge in [-0.1, -0.05) is 19.8 Å². The zero-order valence-corrected chi connectivity index (χ0v) is 12.2. The van der Waals surface area contributed by atoms with E-state index in [1.165, 1.54) is 12.1 Å². The third-order valence-electron chi connectivity index (χ3n) is 4.37. The first-order valence-corrected chi connectivity index (χ1v) is 7.34. The zero-order chi connectivity index (χ0) is 14.6. The van der Waals surface area contributed by atoms with Crippen molar-refractivity contribution in [1.82, 2.24) is 5.32 Å². The number of halogens is 2. The first-order valence-electron chi connectivity index (χ1n) is 7.34. The van der Waals surface area contributed by atoms with E-state index in [0.717, 1.165) is 38.3 Å². The molecule has 20 heavy (non-hydrogen) atoms. The van der Waals surface area contributed by atoms with Crippen LogP contribution in [0.25, 0.3) is 0 Å². The lowest BCUT2D eigenvalue weighted by molar-refractivity contribution is -0.0353. The largest absolute Gasteiger partial charge is 0.377 e. The molecule has 112 valence electrons. The maximum Gasteiger partial charge on any atom is 0.126 e. The summed E-state index contributed by atoms with van der Waals surface area (Å²) in [5, 5.41) is 3.40. The van der Waals surface area contributed by atoms with Crippen molar-refractivity contribution in [2.45, 2.75) is 50.7 Å². The molecule has 0 spiro atoms. The summed E-state index contributed by atoms with van der Waals surface area (Å²) in [7, 11) is 1.72. The lowest BCUT2D eigenvalue weighted by Crippen LogP contribution is -2.51. The first-order chi connectivity index (χ1) is 9.61. The first kappa shape index (κ1) is 15.4. The van der Waals surface area contributed by atoms with E-state index in [9.17, 15) is 8.78 Å². The van der Waals surface area contributed by atoms with E-state index in [1.54, 1.807) is 7.11 Å². The quantitative estimate of drug-likeness (QED) is 0.863. The molecule has 1 atom stereocenters. The van der Waals surface area contributed by atoms with Gasteiger partial charge in [0.2, 0.25) is 0 Å². The van der Waals surface area contributed by atoms with Gasteiger partial charge in [-0.2, -0.15) is 0 Å². The van der Waals surface area contributed by atoms with Crippen LogP contribution in [0.1, 0.15) is 38.2 Å². The van der Waals surface area contributed by atoms with Crippen molar-refractivity contribution in [2.75, 3.05) is 13.7 Å². The van der Waals surface area contributed by atoms with E-state index in [2.05, 4.69) is 5.32 Å². The van der Waals surface area contributed by atoms with E-state index < -0.39 is 5.82 Å². The number of likely N-dealkylation sites (N-methyl/N-ethyl adjacent to an activating group) is 1. The Bertz CT molecular complexity index is 444. The fraction of sp³-hybridized carbons (Fsp3) is 0.625. The number of hydrogen-bond acceptors (Lipinski definition) is 2. The second-order valence-electron chi connectivity index (χ2n) is 5.53. The predicted molar refractivity (Wildman–Crippen MR) is 75.7 cm³/mol. The molecular weight excluding hydrogens is 260 g/mol. The van der Waals surface area contributed by atoms with Crippen LogP contribution in [-0.2, 0) is 11.2 Å². The molecule has 1 aliphatic rings. The number of hydrogen-bond donors (Lipinski definition) is 1. The van der Waals surface area contributed by atoms with Gasteiger partial charge in [0.1, 0.15) is 11.6 Å². The number of benzene rings is 1. The molecule has 0 aromatic heterocycles. The van der Waals surface area contributed by atoms with Crippen molar-refractivity contribution in [1.29, 1.82) is 0 Å². The minimum absolute atomic E-state index is 0.0105. The molecule has 1 aromatic rings. The summed E-state index contributed by atoms with van der Waals surface area (Å²) in [5.74, 6) is -0.743. The van der Waals surface area contributed by atoms with Crippen molar-refractivity contribution in [3.05, 3.63) is 35.4 Å².